The predicted molar refractivity (Wildman–Crippen MR) is 168 cm³/mol. The lowest BCUT2D eigenvalue weighted by Gasteiger charge is -2.10. The molecule has 0 bridgehead atoms. The number of methoxy groups -OCH3 is 1. The molecule has 0 unspecified atom stereocenters. The lowest BCUT2D eigenvalue weighted by atomic mass is 10.0. The first-order chi connectivity index (χ1) is 20.9. The van der Waals surface area contributed by atoms with Crippen molar-refractivity contribution >= 4 is 50.9 Å². The van der Waals surface area contributed by atoms with E-state index in [1.54, 1.807) is 17.5 Å². The normalized spacial score (nSPS) is 11.0. The molecule has 214 valence electrons. The van der Waals surface area contributed by atoms with Crippen molar-refractivity contribution in [3.63, 3.8) is 0 Å². The second kappa shape index (κ2) is 12.2. The third kappa shape index (κ3) is 5.77. The van der Waals surface area contributed by atoms with Gasteiger partial charge in [0.05, 0.1) is 24.1 Å². The van der Waals surface area contributed by atoms with Crippen LogP contribution in [0.25, 0.3) is 44.7 Å². The zero-order valence-electron chi connectivity index (χ0n) is 23.1. The fourth-order valence-corrected chi connectivity index (χ4v) is 6.37. The molecule has 0 aliphatic rings. The number of hydrogen-bond donors (Lipinski definition) is 1. The van der Waals surface area contributed by atoms with Gasteiger partial charge in [-0.1, -0.05) is 72.4 Å². The number of halogens is 1. The first-order valence-electron chi connectivity index (χ1n) is 13.2. The summed E-state index contributed by atoms with van der Waals surface area (Å²) in [4.78, 5) is 30.5. The van der Waals surface area contributed by atoms with Crippen molar-refractivity contribution in [2.24, 2.45) is 7.05 Å². The summed E-state index contributed by atoms with van der Waals surface area (Å²) in [5, 5.41) is 15.2. The first kappa shape index (κ1) is 28.3. The minimum absolute atomic E-state index is 0.0305. The second-order valence-electron chi connectivity index (χ2n) is 9.49. The molecule has 0 aliphatic carbocycles. The maximum absolute atomic E-state index is 13.5. The van der Waals surface area contributed by atoms with Crippen LogP contribution in [0.3, 0.4) is 0 Å². The zero-order valence-corrected chi connectivity index (χ0v) is 24.7. The maximum Gasteiger partial charge on any atom is 0.341 e. The number of carbonyl (C=O) groups is 2. The number of benzene rings is 3. The summed E-state index contributed by atoms with van der Waals surface area (Å²) < 4.78 is 20.3. The number of thioether (sulfide) groups is 1. The van der Waals surface area contributed by atoms with Crippen LogP contribution in [0.2, 0.25) is 0 Å². The molecule has 6 aromatic rings. The van der Waals surface area contributed by atoms with Gasteiger partial charge in [0.1, 0.15) is 16.4 Å². The number of ether oxygens (including phenoxy) is 1. The third-order valence-corrected chi connectivity index (χ3v) is 8.70. The van der Waals surface area contributed by atoms with Crippen LogP contribution in [0.15, 0.2) is 95.5 Å². The van der Waals surface area contributed by atoms with E-state index in [-0.39, 0.29) is 23.0 Å². The Balaban J connectivity index is 1.23. The average molecular weight is 610 g/mol. The van der Waals surface area contributed by atoms with Crippen molar-refractivity contribution < 1.29 is 18.7 Å². The van der Waals surface area contributed by atoms with E-state index in [2.05, 4.69) is 15.5 Å². The molecule has 0 saturated heterocycles. The Morgan fingerprint density at radius 3 is 2.47 bits per heavy atom. The van der Waals surface area contributed by atoms with Gasteiger partial charge in [-0.3, -0.25) is 4.79 Å². The second-order valence-corrected chi connectivity index (χ2v) is 11.3. The molecule has 0 saturated carbocycles. The summed E-state index contributed by atoms with van der Waals surface area (Å²) in [6.07, 6.45) is 0. The molecular formula is C32H24FN5O3S2. The Morgan fingerprint density at radius 1 is 0.953 bits per heavy atom. The van der Waals surface area contributed by atoms with Crippen LogP contribution in [0.5, 0.6) is 0 Å². The number of carbonyl (C=O) groups excluding carboxylic acids is 2. The molecule has 8 nitrogen and oxygen atoms in total. The number of para-hydroxylation sites is 1. The molecule has 6 rings (SSSR count). The van der Waals surface area contributed by atoms with Gasteiger partial charge >= 0.3 is 5.97 Å². The van der Waals surface area contributed by atoms with Crippen LogP contribution in [0.4, 0.5) is 9.39 Å². The van der Waals surface area contributed by atoms with E-state index in [4.69, 9.17) is 9.72 Å². The molecule has 3 aromatic heterocycles. The smallest absolute Gasteiger partial charge is 0.341 e. The standard InChI is InChI=1S/C32H24FN5O3S2/c1-38-29(23-16-26(20-8-4-3-5-9-20)34-25-11-7-6-10-22(23)25)36-37-32(38)43-18-27(39)35-30-28(31(40)41-2)24(17-42-30)19-12-14-21(33)15-13-19/h3-17H,18H2,1-2H3,(H,35,39). The molecule has 3 heterocycles. The number of esters is 1. The third-order valence-electron chi connectivity index (χ3n) is 6.78. The van der Waals surface area contributed by atoms with Crippen molar-refractivity contribution in [1.29, 1.82) is 0 Å². The number of rotatable bonds is 8. The van der Waals surface area contributed by atoms with Crippen LogP contribution in [-0.4, -0.2) is 44.5 Å². The number of nitrogens with zero attached hydrogens (tertiary/aromatic N) is 4. The topological polar surface area (TPSA) is 99.0 Å². The average Bonchev–Trinajstić information content (AvgIpc) is 3.62. The van der Waals surface area contributed by atoms with Crippen molar-refractivity contribution in [2.45, 2.75) is 5.16 Å². The minimum atomic E-state index is -0.596. The van der Waals surface area contributed by atoms with Gasteiger partial charge in [-0.05, 0) is 29.8 Å². The van der Waals surface area contributed by atoms with Crippen LogP contribution >= 0.6 is 23.1 Å². The van der Waals surface area contributed by atoms with E-state index in [0.29, 0.717) is 27.1 Å². The molecular weight excluding hydrogens is 586 g/mol. The molecule has 3 aromatic carbocycles. The van der Waals surface area contributed by atoms with E-state index in [9.17, 15) is 14.0 Å². The molecule has 43 heavy (non-hydrogen) atoms. The van der Waals surface area contributed by atoms with E-state index < -0.39 is 5.97 Å². The highest BCUT2D eigenvalue weighted by Crippen LogP contribution is 2.37. The summed E-state index contributed by atoms with van der Waals surface area (Å²) in [7, 11) is 3.13. The van der Waals surface area contributed by atoms with Gasteiger partial charge in [0, 0.05) is 34.5 Å². The van der Waals surface area contributed by atoms with Gasteiger partial charge in [-0.25, -0.2) is 14.2 Å². The number of aromatic nitrogens is 4. The maximum atomic E-state index is 13.5. The summed E-state index contributed by atoms with van der Waals surface area (Å²) in [6.45, 7) is 0. The predicted octanol–water partition coefficient (Wildman–Crippen LogP) is 7.08. The highest BCUT2D eigenvalue weighted by molar-refractivity contribution is 7.99. The molecule has 0 spiro atoms. The van der Waals surface area contributed by atoms with Crippen LogP contribution in [0, 0.1) is 5.82 Å². The van der Waals surface area contributed by atoms with Gasteiger partial charge in [-0.2, -0.15) is 0 Å². The molecule has 1 amide bonds. The molecule has 0 fully saturated rings. The Hall–Kier alpha value is -4.87. The van der Waals surface area contributed by atoms with Crippen molar-refractivity contribution in [1.82, 2.24) is 19.7 Å². The van der Waals surface area contributed by atoms with Gasteiger partial charge in [0.15, 0.2) is 11.0 Å². The summed E-state index contributed by atoms with van der Waals surface area (Å²) in [5.74, 6) is -0.629. The van der Waals surface area contributed by atoms with Crippen molar-refractivity contribution in [3.05, 3.63) is 102 Å². The quantitative estimate of drug-likeness (QED) is 0.145. The van der Waals surface area contributed by atoms with Gasteiger partial charge in [0.25, 0.3) is 0 Å². The number of pyridine rings is 1. The SMILES string of the molecule is COC(=O)c1c(-c2ccc(F)cc2)csc1NC(=O)CSc1nnc(-c2cc(-c3ccccc3)nc3ccccc23)n1C. The number of nitrogens with one attached hydrogen (secondary N) is 1. The molecule has 11 heteroatoms. The fourth-order valence-electron chi connectivity index (χ4n) is 4.68. The lowest BCUT2D eigenvalue weighted by Crippen LogP contribution is -2.16. The van der Waals surface area contributed by atoms with Crippen molar-refractivity contribution in [2.75, 3.05) is 18.2 Å². The monoisotopic (exact) mass is 609 g/mol. The minimum Gasteiger partial charge on any atom is -0.465 e. The van der Waals surface area contributed by atoms with E-state index in [1.807, 2.05) is 72.3 Å². The number of fused-ring (bicyclic) bond motifs is 1. The van der Waals surface area contributed by atoms with E-state index in [0.717, 1.165) is 27.7 Å². The van der Waals surface area contributed by atoms with E-state index in [1.165, 1.54) is 42.3 Å². The number of anilines is 1. The first-order valence-corrected chi connectivity index (χ1v) is 15.0. The Kier molecular flexibility index (Phi) is 7.99. The Bertz CT molecular complexity index is 1960. The Labute approximate surface area is 254 Å². The fraction of sp³-hybridized carbons (Fsp3) is 0.0938. The molecule has 0 aliphatic heterocycles. The number of hydrogen-bond acceptors (Lipinski definition) is 8. The highest BCUT2D eigenvalue weighted by atomic mass is 32.2. The van der Waals surface area contributed by atoms with E-state index >= 15 is 0 Å². The molecule has 0 atom stereocenters. The van der Waals surface area contributed by atoms with Crippen LogP contribution < -0.4 is 5.32 Å². The molecule has 0 radical (unpaired) electrons. The number of amides is 1. The van der Waals surface area contributed by atoms with Gasteiger partial charge in [0.2, 0.25) is 5.91 Å². The number of thiophene rings is 1. The summed E-state index contributed by atoms with van der Waals surface area (Å²) >= 11 is 2.43. The zero-order chi connectivity index (χ0) is 29.9. The van der Waals surface area contributed by atoms with Crippen LogP contribution in [0.1, 0.15) is 10.4 Å². The van der Waals surface area contributed by atoms with Crippen LogP contribution in [-0.2, 0) is 16.6 Å². The summed E-state index contributed by atoms with van der Waals surface area (Å²) in [6, 6.07) is 25.6. The van der Waals surface area contributed by atoms with Crippen molar-refractivity contribution in [3.8, 4) is 33.8 Å². The highest BCUT2D eigenvalue weighted by Gasteiger charge is 2.23. The Morgan fingerprint density at radius 2 is 1.70 bits per heavy atom. The van der Waals surface area contributed by atoms with Gasteiger partial charge in [-0.15, -0.1) is 21.5 Å². The summed E-state index contributed by atoms with van der Waals surface area (Å²) in [5.41, 5.74) is 4.94. The lowest BCUT2D eigenvalue weighted by molar-refractivity contribution is -0.113. The largest absolute Gasteiger partial charge is 0.465 e. The molecule has 1 N–H and O–H groups in total. The van der Waals surface area contributed by atoms with Gasteiger partial charge < -0.3 is 14.6 Å².